The third kappa shape index (κ3) is 3.26. The Balaban J connectivity index is 1.89. The van der Waals surface area contributed by atoms with Gasteiger partial charge in [-0.3, -0.25) is 0 Å². The summed E-state index contributed by atoms with van der Waals surface area (Å²) in [5.74, 6) is 2.09. The second-order valence-electron chi connectivity index (χ2n) is 6.98. The SMILES string of the molecule is CCc1nc2c(N)nc3cc(/C=C/C#N)ccc3c2n1CC1CCOCC1. The van der Waals surface area contributed by atoms with E-state index in [9.17, 15) is 0 Å². The van der Waals surface area contributed by atoms with Gasteiger partial charge in [0.15, 0.2) is 5.82 Å². The van der Waals surface area contributed by atoms with E-state index in [1.54, 1.807) is 6.08 Å². The Morgan fingerprint density at radius 1 is 1.33 bits per heavy atom. The zero-order chi connectivity index (χ0) is 18.8. The maximum atomic E-state index is 8.76. The lowest BCUT2D eigenvalue weighted by Crippen LogP contribution is -2.21. The minimum absolute atomic E-state index is 0.458. The molecular weight excluding hydrogens is 338 g/mol. The summed E-state index contributed by atoms with van der Waals surface area (Å²) in [5, 5.41) is 9.80. The first-order valence-electron chi connectivity index (χ1n) is 9.43. The molecule has 1 aromatic carbocycles. The van der Waals surface area contributed by atoms with Crippen molar-refractivity contribution < 1.29 is 4.74 Å². The average Bonchev–Trinajstić information content (AvgIpc) is 3.06. The van der Waals surface area contributed by atoms with E-state index in [1.165, 1.54) is 6.08 Å². The second kappa shape index (κ2) is 7.37. The van der Waals surface area contributed by atoms with Gasteiger partial charge >= 0.3 is 0 Å². The van der Waals surface area contributed by atoms with Crippen LogP contribution < -0.4 is 5.73 Å². The first-order valence-corrected chi connectivity index (χ1v) is 9.43. The van der Waals surface area contributed by atoms with Crippen LogP contribution in [-0.2, 0) is 17.7 Å². The van der Waals surface area contributed by atoms with Crippen molar-refractivity contribution in [1.82, 2.24) is 14.5 Å². The van der Waals surface area contributed by atoms with Crippen LogP contribution in [0, 0.1) is 17.2 Å². The number of hydrogen-bond donors (Lipinski definition) is 1. The fourth-order valence-corrected chi connectivity index (χ4v) is 3.87. The Labute approximate surface area is 158 Å². The Morgan fingerprint density at radius 2 is 2.15 bits per heavy atom. The largest absolute Gasteiger partial charge is 0.382 e. The molecule has 1 fully saturated rings. The molecule has 6 heteroatoms. The Hall–Kier alpha value is -2.91. The van der Waals surface area contributed by atoms with Crippen molar-refractivity contribution in [1.29, 1.82) is 5.26 Å². The van der Waals surface area contributed by atoms with Crippen molar-refractivity contribution >= 4 is 33.8 Å². The zero-order valence-corrected chi connectivity index (χ0v) is 15.5. The number of allylic oxidation sites excluding steroid dienone is 1. The number of nitrogen functional groups attached to an aromatic ring is 1. The van der Waals surface area contributed by atoms with E-state index < -0.39 is 0 Å². The fraction of sp³-hybridized carbons (Fsp3) is 0.381. The summed E-state index contributed by atoms with van der Waals surface area (Å²) >= 11 is 0. The topological polar surface area (TPSA) is 89.8 Å². The van der Waals surface area contributed by atoms with Gasteiger partial charge in [0.25, 0.3) is 0 Å². The summed E-state index contributed by atoms with van der Waals surface area (Å²) in [6.45, 7) is 4.71. The van der Waals surface area contributed by atoms with E-state index in [-0.39, 0.29) is 0 Å². The van der Waals surface area contributed by atoms with Crippen molar-refractivity contribution in [3.63, 3.8) is 0 Å². The number of ether oxygens (including phenoxy) is 1. The molecule has 138 valence electrons. The van der Waals surface area contributed by atoms with Gasteiger partial charge in [-0.25, -0.2) is 9.97 Å². The number of rotatable bonds is 4. The van der Waals surface area contributed by atoms with Crippen LogP contribution in [0.4, 0.5) is 5.82 Å². The first-order chi connectivity index (χ1) is 13.2. The lowest BCUT2D eigenvalue weighted by atomic mass is 10.00. The molecule has 4 rings (SSSR count). The maximum absolute atomic E-state index is 8.76. The molecule has 3 heterocycles. The number of nitriles is 1. The lowest BCUT2D eigenvalue weighted by molar-refractivity contribution is 0.0614. The molecule has 27 heavy (non-hydrogen) atoms. The van der Waals surface area contributed by atoms with E-state index >= 15 is 0 Å². The molecule has 0 spiro atoms. The zero-order valence-electron chi connectivity index (χ0n) is 15.5. The number of pyridine rings is 1. The van der Waals surface area contributed by atoms with E-state index in [0.29, 0.717) is 11.7 Å². The van der Waals surface area contributed by atoms with E-state index in [4.69, 9.17) is 20.7 Å². The summed E-state index contributed by atoms with van der Waals surface area (Å²) in [6, 6.07) is 8.05. The molecule has 3 aromatic rings. The number of aromatic nitrogens is 3. The van der Waals surface area contributed by atoms with Crippen LogP contribution in [0.1, 0.15) is 31.2 Å². The molecular formula is C21H23N5O. The van der Waals surface area contributed by atoms with E-state index in [0.717, 1.165) is 72.3 Å². The molecule has 0 unspecified atom stereocenters. The van der Waals surface area contributed by atoms with Crippen molar-refractivity contribution in [3.05, 3.63) is 35.7 Å². The van der Waals surface area contributed by atoms with Crippen LogP contribution in [0.25, 0.3) is 28.0 Å². The van der Waals surface area contributed by atoms with Crippen molar-refractivity contribution in [2.24, 2.45) is 5.92 Å². The molecule has 0 bridgehead atoms. The standard InChI is InChI=1S/C21H23N5O/c1-2-18-25-19-20(26(18)13-15-7-10-27-11-8-15)16-6-5-14(4-3-9-22)12-17(16)24-21(19)23/h3-6,12,15H,2,7-8,10-11,13H2,1H3,(H2,23,24)/b4-3+. The highest BCUT2D eigenvalue weighted by Gasteiger charge is 2.21. The Bertz CT molecular complexity index is 1050. The average molecular weight is 361 g/mol. The first kappa shape index (κ1) is 17.5. The molecule has 6 nitrogen and oxygen atoms in total. The van der Waals surface area contributed by atoms with Crippen LogP contribution in [0.2, 0.25) is 0 Å². The second-order valence-corrected chi connectivity index (χ2v) is 6.98. The predicted molar refractivity (Wildman–Crippen MR) is 107 cm³/mol. The maximum Gasteiger partial charge on any atom is 0.152 e. The van der Waals surface area contributed by atoms with Crippen LogP contribution >= 0.6 is 0 Å². The number of anilines is 1. The summed E-state index contributed by atoms with van der Waals surface area (Å²) in [5.41, 5.74) is 9.88. The van der Waals surface area contributed by atoms with Gasteiger partial charge in [0, 0.05) is 37.6 Å². The van der Waals surface area contributed by atoms with Gasteiger partial charge in [0.2, 0.25) is 0 Å². The number of nitrogens with two attached hydrogens (primary N) is 1. The highest BCUT2D eigenvalue weighted by atomic mass is 16.5. The van der Waals surface area contributed by atoms with Crippen molar-refractivity contribution in [2.45, 2.75) is 32.7 Å². The summed E-state index contributed by atoms with van der Waals surface area (Å²) in [4.78, 5) is 9.38. The minimum Gasteiger partial charge on any atom is -0.382 e. The third-order valence-electron chi connectivity index (χ3n) is 5.26. The normalized spacial score (nSPS) is 15.7. The van der Waals surface area contributed by atoms with Gasteiger partial charge in [-0.15, -0.1) is 0 Å². The van der Waals surface area contributed by atoms with Gasteiger partial charge < -0.3 is 15.0 Å². The Morgan fingerprint density at radius 3 is 2.89 bits per heavy atom. The summed E-state index contributed by atoms with van der Waals surface area (Å²) in [7, 11) is 0. The molecule has 0 saturated carbocycles. The van der Waals surface area contributed by atoms with Crippen molar-refractivity contribution in [3.8, 4) is 6.07 Å². The minimum atomic E-state index is 0.458. The molecule has 1 aliphatic rings. The number of fused-ring (bicyclic) bond motifs is 3. The monoisotopic (exact) mass is 361 g/mol. The molecule has 0 atom stereocenters. The smallest absolute Gasteiger partial charge is 0.152 e. The van der Waals surface area contributed by atoms with Crippen molar-refractivity contribution in [2.75, 3.05) is 18.9 Å². The molecule has 2 aromatic heterocycles. The third-order valence-corrected chi connectivity index (χ3v) is 5.26. The van der Waals surface area contributed by atoms with Crippen LogP contribution in [-0.4, -0.2) is 27.7 Å². The fourth-order valence-electron chi connectivity index (χ4n) is 3.87. The van der Waals surface area contributed by atoms with Gasteiger partial charge in [-0.05, 0) is 36.5 Å². The van der Waals surface area contributed by atoms with E-state index in [1.807, 2.05) is 18.2 Å². The Kier molecular flexibility index (Phi) is 4.78. The molecule has 1 saturated heterocycles. The molecule has 0 amide bonds. The van der Waals surface area contributed by atoms with E-state index in [2.05, 4.69) is 22.5 Å². The van der Waals surface area contributed by atoms with Crippen LogP contribution in [0.5, 0.6) is 0 Å². The van der Waals surface area contributed by atoms with Gasteiger partial charge in [0.05, 0.1) is 17.1 Å². The molecule has 0 radical (unpaired) electrons. The highest BCUT2D eigenvalue weighted by molar-refractivity contribution is 6.07. The number of benzene rings is 1. The molecule has 0 aliphatic carbocycles. The molecule has 2 N–H and O–H groups in total. The van der Waals surface area contributed by atoms with Gasteiger partial charge in [-0.1, -0.05) is 19.1 Å². The van der Waals surface area contributed by atoms with Gasteiger partial charge in [-0.2, -0.15) is 5.26 Å². The molecule has 1 aliphatic heterocycles. The summed E-state index contributed by atoms with van der Waals surface area (Å²) < 4.78 is 7.84. The quantitative estimate of drug-likeness (QED) is 0.716. The highest BCUT2D eigenvalue weighted by Crippen LogP contribution is 2.31. The lowest BCUT2D eigenvalue weighted by Gasteiger charge is -2.23. The number of imidazole rings is 1. The van der Waals surface area contributed by atoms with Crippen LogP contribution in [0.15, 0.2) is 24.3 Å². The number of nitrogens with zero attached hydrogens (tertiary/aromatic N) is 4. The van der Waals surface area contributed by atoms with Crippen LogP contribution in [0.3, 0.4) is 0 Å². The summed E-state index contributed by atoms with van der Waals surface area (Å²) in [6.07, 6.45) is 6.24. The number of hydrogen-bond acceptors (Lipinski definition) is 5. The number of aryl methyl sites for hydroxylation is 1. The predicted octanol–water partition coefficient (Wildman–Crippen LogP) is 3.69. The van der Waals surface area contributed by atoms with Gasteiger partial charge in [0.1, 0.15) is 11.3 Å².